The maximum absolute atomic E-state index is 12.4. The van der Waals surface area contributed by atoms with Gasteiger partial charge in [-0.2, -0.15) is 0 Å². The number of hydrogen-bond acceptors (Lipinski definition) is 4. The molecule has 25 heavy (non-hydrogen) atoms. The first-order valence-corrected chi connectivity index (χ1v) is 8.44. The highest BCUT2D eigenvalue weighted by molar-refractivity contribution is 6.01. The van der Waals surface area contributed by atoms with Gasteiger partial charge in [-0.15, -0.1) is 0 Å². The van der Waals surface area contributed by atoms with Gasteiger partial charge in [0.05, 0.1) is 6.61 Å². The molecule has 2 aromatic carbocycles. The number of benzene rings is 2. The fourth-order valence-electron chi connectivity index (χ4n) is 2.86. The van der Waals surface area contributed by atoms with Crippen LogP contribution in [-0.2, 0) is 11.2 Å². The lowest BCUT2D eigenvalue weighted by atomic mass is 10.1. The molecule has 0 aromatic heterocycles. The summed E-state index contributed by atoms with van der Waals surface area (Å²) in [6.07, 6.45) is 0.494. The summed E-state index contributed by atoms with van der Waals surface area (Å²) in [6.45, 7) is 4.21. The number of anilines is 1. The van der Waals surface area contributed by atoms with E-state index in [9.17, 15) is 9.59 Å². The van der Waals surface area contributed by atoms with Crippen molar-refractivity contribution in [1.82, 2.24) is 0 Å². The normalized spacial score (nSPS) is 13.9. The molecule has 3 rings (SSSR count). The smallest absolute Gasteiger partial charge is 0.265 e. The van der Waals surface area contributed by atoms with Gasteiger partial charge in [0.25, 0.3) is 5.91 Å². The molecule has 1 atom stereocenters. The SMILES string of the molecule is CCOc1ccc(NC(=O)C(C)Oc2cccc3c2CCC3=O)cc1. The van der Waals surface area contributed by atoms with Crippen LogP contribution in [0.15, 0.2) is 42.5 Å². The summed E-state index contributed by atoms with van der Waals surface area (Å²) in [5, 5.41) is 2.82. The number of ketones is 1. The number of amides is 1. The van der Waals surface area contributed by atoms with Gasteiger partial charge >= 0.3 is 0 Å². The molecule has 0 spiro atoms. The van der Waals surface area contributed by atoms with E-state index >= 15 is 0 Å². The number of carbonyl (C=O) groups excluding carboxylic acids is 2. The lowest BCUT2D eigenvalue weighted by Gasteiger charge is -2.17. The first kappa shape index (κ1) is 17.0. The van der Waals surface area contributed by atoms with E-state index in [0.29, 0.717) is 36.4 Å². The van der Waals surface area contributed by atoms with Gasteiger partial charge in [0.2, 0.25) is 0 Å². The predicted molar refractivity (Wildman–Crippen MR) is 95.4 cm³/mol. The minimum Gasteiger partial charge on any atom is -0.494 e. The second-order valence-corrected chi connectivity index (χ2v) is 5.91. The van der Waals surface area contributed by atoms with Gasteiger partial charge < -0.3 is 14.8 Å². The quantitative estimate of drug-likeness (QED) is 0.873. The maximum Gasteiger partial charge on any atom is 0.265 e. The van der Waals surface area contributed by atoms with Crippen LogP contribution in [-0.4, -0.2) is 24.4 Å². The number of hydrogen-bond donors (Lipinski definition) is 1. The third kappa shape index (κ3) is 3.82. The molecule has 5 heteroatoms. The van der Waals surface area contributed by atoms with E-state index in [0.717, 1.165) is 11.3 Å². The second-order valence-electron chi connectivity index (χ2n) is 5.91. The van der Waals surface area contributed by atoms with Crippen molar-refractivity contribution in [2.45, 2.75) is 32.8 Å². The second kappa shape index (κ2) is 7.38. The van der Waals surface area contributed by atoms with E-state index in [2.05, 4.69) is 5.32 Å². The van der Waals surface area contributed by atoms with Crippen molar-refractivity contribution >= 4 is 17.4 Å². The Bertz CT molecular complexity index is 783. The zero-order chi connectivity index (χ0) is 17.8. The average Bonchev–Trinajstić information content (AvgIpc) is 2.99. The number of carbonyl (C=O) groups is 2. The van der Waals surface area contributed by atoms with Gasteiger partial charge in [-0.05, 0) is 50.6 Å². The summed E-state index contributed by atoms with van der Waals surface area (Å²) in [7, 11) is 0. The molecule has 0 heterocycles. The van der Waals surface area contributed by atoms with Crippen molar-refractivity contribution in [1.29, 1.82) is 0 Å². The van der Waals surface area contributed by atoms with Crippen LogP contribution in [0.4, 0.5) is 5.69 Å². The minimum absolute atomic E-state index is 0.131. The topological polar surface area (TPSA) is 64.6 Å². The Kier molecular flexibility index (Phi) is 5.03. The van der Waals surface area contributed by atoms with Crippen molar-refractivity contribution in [2.75, 3.05) is 11.9 Å². The molecule has 0 aliphatic heterocycles. The monoisotopic (exact) mass is 339 g/mol. The third-order valence-corrected chi connectivity index (χ3v) is 4.14. The van der Waals surface area contributed by atoms with E-state index in [1.165, 1.54) is 0 Å². The summed E-state index contributed by atoms with van der Waals surface area (Å²) in [5.41, 5.74) is 2.28. The molecule has 0 saturated carbocycles. The Labute approximate surface area is 147 Å². The molecule has 1 N–H and O–H groups in total. The molecule has 0 bridgehead atoms. The Morgan fingerprint density at radius 3 is 2.64 bits per heavy atom. The van der Waals surface area contributed by atoms with Crippen molar-refractivity contribution in [3.8, 4) is 11.5 Å². The minimum atomic E-state index is -0.672. The molecule has 130 valence electrons. The van der Waals surface area contributed by atoms with Crippen molar-refractivity contribution in [3.63, 3.8) is 0 Å². The van der Waals surface area contributed by atoms with Crippen molar-refractivity contribution in [3.05, 3.63) is 53.6 Å². The summed E-state index contributed by atoms with van der Waals surface area (Å²) in [6, 6.07) is 12.6. The molecule has 1 aliphatic rings. The Balaban J connectivity index is 1.64. The highest BCUT2D eigenvalue weighted by Gasteiger charge is 2.24. The lowest BCUT2D eigenvalue weighted by molar-refractivity contribution is -0.122. The molecule has 0 saturated heterocycles. The van der Waals surface area contributed by atoms with E-state index in [4.69, 9.17) is 9.47 Å². The number of ether oxygens (including phenoxy) is 2. The Morgan fingerprint density at radius 1 is 1.16 bits per heavy atom. The molecule has 1 unspecified atom stereocenters. The summed E-state index contributed by atoms with van der Waals surface area (Å²) in [5.74, 6) is 1.25. The number of rotatable bonds is 6. The standard InChI is InChI=1S/C20H21NO4/c1-3-24-15-9-7-14(8-10-15)21-20(23)13(2)25-19-6-4-5-16-17(19)11-12-18(16)22/h4-10,13H,3,11-12H2,1-2H3,(H,21,23). The van der Waals surface area contributed by atoms with Crippen LogP contribution in [0.3, 0.4) is 0 Å². The predicted octanol–water partition coefficient (Wildman–Crippen LogP) is 3.62. The summed E-state index contributed by atoms with van der Waals surface area (Å²) >= 11 is 0. The Morgan fingerprint density at radius 2 is 1.92 bits per heavy atom. The van der Waals surface area contributed by atoms with Crippen LogP contribution in [0.2, 0.25) is 0 Å². The molecule has 2 aromatic rings. The number of nitrogens with one attached hydrogen (secondary N) is 1. The molecule has 1 aliphatic carbocycles. The zero-order valence-corrected chi connectivity index (χ0v) is 14.4. The van der Waals surface area contributed by atoms with Crippen LogP contribution in [0.5, 0.6) is 11.5 Å². The van der Waals surface area contributed by atoms with E-state index < -0.39 is 6.10 Å². The van der Waals surface area contributed by atoms with E-state index in [1.807, 2.05) is 13.0 Å². The molecule has 0 radical (unpaired) electrons. The first-order valence-electron chi connectivity index (χ1n) is 8.44. The van der Waals surface area contributed by atoms with Crippen LogP contribution in [0.25, 0.3) is 0 Å². The third-order valence-electron chi connectivity index (χ3n) is 4.14. The highest BCUT2D eigenvalue weighted by Crippen LogP contribution is 2.31. The van der Waals surface area contributed by atoms with Gasteiger partial charge in [-0.1, -0.05) is 12.1 Å². The van der Waals surface area contributed by atoms with Crippen molar-refractivity contribution < 1.29 is 19.1 Å². The molecular formula is C20H21NO4. The van der Waals surface area contributed by atoms with Crippen LogP contribution in [0.1, 0.15) is 36.2 Å². The largest absolute Gasteiger partial charge is 0.494 e. The fourth-order valence-corrected chi connectivity index (χ4v) is 2.86. The maximum atomic E-state index is 12.4. The number of fused-ring (bicyclic) bond motifs is 1. The van der Waals surface area contributed by atoms with Gasteiger partial charge in [-0.3, -0.25) is 9.59 Å². The Hall–Kier alpha value is -2.82. The summed E-state index contributed by atoms with van der Waals surface area (Å²) in [4.78, 5) is 24.2. The van der Waals surface area contributed by atoms with Crippen molar-refractivity contribution in [2.24, 2.45) is 0 Å². The highest BCUT2D eigenvalue weighted by atomic mass is 16.5. The van der Waals surface area contributed by atoms with Crippen LogP contribution < -0.4 is 14.8 Å². The molecular weight excluding hydrogens is 318 g/mol. The van der Waals surface area contributed by atoms with E-state index in [1.54, 1.807) is 43.3 Å². The molecule has 1 amide bonds. The average molecular weight is 339 g/mol. The summed E-state index contributed by atoms with van der Waals surface area (Å²) < 4.78 is 11.2. The molecule has 0 fully saturated rings. The van der Waals surface area contributed by atoms with Gasteiger partial charge in [0.1, 0.15) is 11.5 Å². The number of Topliss-reactive ketones (excluding diaryl/α,β-unsaturated/α-hetero) is 1. The van der Waals surface area contributed by atoms with Gasteiger partial charge in [0, 0.05) is 23.2 Å². The van der Waals surface area contributed by atoms with Crippen LogP contribution >= 0.6 is 0 Å². The zero-order valence-electron chi connectivity index (χ0n) is 14.4. The lowest BCUT2D eigenvalue weighted by Crippen LogP contribution is -2.30. The first-order chi connectivity index (χ1) is 12.1. The van der Waals surface area contributed by atoms with Crippen LogP contribution in [0, 0.1) is 0 Å². The fraction of sp³-hybridized carbons (Fsp3) is 0.300. The van der Waals surface area contributed by atoms with Gasteiger partial charge in [0.15, 0.2) is 11.9 Å². The molecule has 5 nitrogen and oxygen atoms in total. The van der Waals surface area contributed by atoms with E-state index in [-0.39, 0.29) is 11.7 Å². The van der Waals surface area contributed by atoms with Gasteiger partial charge in [-0.25, -0.2) is 0 Å².